The summed E-state index contributed by atoms with van der Waals surface area (Å²) in [6, 6.07) is 3.67. The van der Waals surface area contributed by atoms with Gasteiger partial charge in [0.1, 0.15) is 21.4 Å². The zero-order valence-electron chi connectivity index (χ0n) is 13.0. The fourth-order valence-electron chi connectivity index (χ4n) is 2.29. The van der Waals surface area contributed by atoms with Gasteiger partial charge in [0.05, 0.1) is 5.75 Å². The summed E-state index contributed by atoms with van der Waals surface area (Å²) in [7, 11) is -2.93. The molecule has 1 aliphatic rings. The zero-order chi connectivity index (χ0) is 16.2. The lowest BCUT2D eigenvalue weighted by molar-refractivity contribution is -0.127. The Hall–Kier alpha value is -1.60. The SMILES string of the molecule is Cc1ccc(/C=C/C(=O)N2CCN(CCS(C)(=O)=O)CC2)o1. The Kier molecular flexibility index (Phi) is 5.42. The van der Waals surface area contributed by atoms with Crippen LogP contribution in [0.15, 0.2) is 22.6 Å². The second-order valence-electron chi connectivity index (χ2n) is 5.58. The third-order valence-electron chi connectivity index (χ3n) is 3.61. The smallest absolute Gasteiger partial charge is 0.246 e. The van der Waals surface area contributed by atoms with E-state index in [1.165, 1.54) is 12.3 Å². The van der Waals surface area contributed by atoms with Crippen LogP contribution in [-0.2, 0) is 14.6 Å². The highest BCUT2D eigenvalue weighted by Gasteiger charge is 2.20. The summed E-state index contributed by atoms with van der Waals surface area (Å²) < 4.78 is 27.7. The third kappa shape index (κ3) is 5.31. The number of nitrogens with zero attached hydrogens (tertiary/aromatic N) is 2. The number of aryl methyl sites for hydroxylation is 1. The van der Waals surface area contributed by atoms with Crippen LogP contribution in [0, 0.1) is 6.92 Å². The highest BCUT2D eigenvalue weighted by molar-refractivity contribution is 7.90. The molecule has 0 unspecified atom stereocenters. The zero-order valence-corrected chi connectivity index (χ0v) is 13.8. The molecular formula is C15H22N2O4S. The van der Waals surface area contributed by atoms with E-state index >= 15 is 0 Å². The van der Waals surface area contributed by atoms with E-state index < -0.39 is 9.84 Å². The topological polar surface area (TPSA) is 70.8 Å². The van der Waals surface area contributed by atoms with Gasteiger partial charge in [-0.2, -0.15) is 0 Å². The van der Waals surface area contributed by atoms with Crippen LogP contribution in [0.3, 0.4) is 0 Å². The minimum atomic E-state index is -2.93. The lowest BCUT2D eigenvalue weighted by Gasteiger charge is -2.34. The minimum absolute atomic E-state index is 0.0446. The molecule has 6 nitrogen and oxygen atoms in total. The van der Waals surface area contributed by atoms with E-state index in [0.29, 0.717) is 38.5 Å². The summed E-state index contributed by atoms with van der Waals surface area (Å²) in [5.41, 5.74) is 0. The molecule has 0 saturated carbocycles. The second-order valence-corrected chi connectivity index (χ2v) is 7.84. The summed E-state index contributed by atoms with van der Waals surface area (Å²) in [6.07, 6.45) is 4.43. The molecule has 7 heteroatoms. The van der Waals surface area contributed by atoms with Gasteiger partial charge in [-0.1, -0.05) is 0 Å². The first kappa shape index (κ1) is 16.8. The van der Waals surface area contributed by atoms with Gasteiger partial charge in [-0.05, 0) is 25.1 Å². The molecule has 2 rings (SSSR count). The molecule has 0 bridgehead atoms. The van der Waals surface area contributed by atoms with E-state index in [9.17, 15) is 13.2 Å². The number of rotatable bonds is 5. The Morgan fingerprint density at radius 3 is 2.50 bits per heavy atom. The fourth-order valence-corrected chi connectivity index (χ4v) is 2.88. The number of carbonyl (C=O) groups excluding carboxylic acids is 1. The molecule has 0 aromatic carbocycles. The van der Waals surface area contributed by atoms with Crippen LogP contribution in [-0.4, -0.2) is 68.9 Å². The Morgan fingerprint density at radius 1 is 1.27 bits per heavy atom. The maximum absolute atomic E-state index is 12.1. The van der Waals surface area contributed by atoms with Gasteiger partial charge >= 0.3 is 0 Å². The third-order valence-corrected chi connectivity index (χ3v) is 4.54. The summed E-state index contributed by atoms with van der Waals surface area (Å²) in [5.74, 6) is 1.60. The lowest BCUT2D eigenvalue weighted by Crippen LogP contribution is -2.49. The Balaban J connectivity index is 1.78. The minimum Gasteiger partial charge on any atom is -0.462 e. The molecule has 2 heterocycles. The summed E-state index contributed by atoms with van der Waals surface area (Å²) in [6.45, 7) is 5.02. The van der Waals surface area contributed by atoms with Crippen LogP contribution >= 0.6 is 0 Å². The first-order valence-corrected chi connectivity index (χ1v) is 9.33. The summed E-state index contributed by atoms with van der Waals surface area (Å²) >= 11 is 0. The Morgan fingerprint density at radius 2 is 1.95 bits per heavy atom. The van der Waals surface area contributed by atoms with Gasteiger partial charge in [0.25, 0.3) is 0 Å². The summed E-state index contributed by atoms with van der Waals surface area (Å²) in [5, 5.41) is 0. The van der Waals surface area contributed by atoms with Gasteiger partial charge in [0.15, 0.2) is 0 Å². The number of amides is 1. The monoisotopic (exact) mass is 326 g/mol. The van der Waals surface area contributed by atoms with Gasteiger partial charge in [-0.15, -0.1) is 0 Å². The number of sulfone groups is 1. The van der Waals surface area contributed by atoms with Gasteiger partial charge in [-0.25, -0.2) is 8.42 Å². The number of hydrogen-bond acceptors (Lipinski definition) is 5. The van der Waals surface area contributed by atoms with E-state index in [4.69, 9.17) is 4.42 Å². The van der Waals surface area contributed by atoms with E-state index in [1.54, 1.807) is 11.0 Å². The van der Waals surface area contributed by atoms with Crippen LogP contribution < -0.4 is 0 Å². The van der Waals surface area contributed by atoms with Crippen LogP contribution in [0.2, 0.25) is 0 Å². The van der Waals surface area contributed by atoms with Crippen LogP contribution in [0.1, 0.15) is 11.5 Å². The van der Waals surface area contributed by atoms with Crippen molar-refractivity contribution < 1.29 is 17.6 Å². The van der Waals surface area contributed by atoms with Crippen molar-refractivity contribution >= 4 is 21.8 Å². The Labute approximate surface area is 131 Å². The van der Waals surface area contributed by atoms with Crippen molar-refractivity contribution in [2.24, 2.45) is 0 Å². The molecule has 0 atom stereocenters. The van der Waals surface area contributed by atoms with Crippen molar-refractivity contribution in [2.75, 3.05) is 44.7 Å². The molecule has 1 aromatic rings. The molecule has 0 aliphatic carbocycles. The highest BCUT2D eigenvalue weighted by Crippen LogP contribution is 2.09. The van der Waals surface area contributed by atoms with E-state index in [-0.39, 0.29) is 11.7 Å². The molecule has 122 valence electrons. The predicted molar refractivity (Wildman–Crippen MR) is 85.2 cm³/mol. The number of furan rings is 1. The lowest BCUT2D eigenvalue weighted by atomic mass is 10.3. The van der Waals surface area contributed by atoms with Crippen molar-refractivity contribution in [2.45, 2.75) is 6.92 Å². The molecule has 1 aromatic heterocycles. The summed E-state index contributed by atoms with van der Waals surface area (Å²) in [4.78, 5) is 15.9. The average Bonchev–Trinajstić information content (AvgIpc) is 2.88. The molecule has 1 saturated heterocycles. The maximum atomic E-state index is 12.1. The predicted octanol–water partition coefficient (Wildman–Crippen LogP) is 0.790. The molecule has 1 fully saturated rings. The molecule has 0 spiro atoms. The van der Waals surface area contributed by atoms with Crippen molar-refractivity contribution in [3.8, 4) is 0 Å². The largest absolute Gasteiger partial charge is 0.462 e. The van der Waals surface area contributed by atoms with Gasteiger partial charge < -0.3 is 9.32 Å². The normalized spacial score (nSPS) is 17.3. The molecule has 1 amide bonds. The first-order valence-electron chi connectivity index (χ1n) is 7.27. The Bertz CT molecular complexity index is 640. The van der Waals surface area contributed by atoms with Crippen molar-refractivity contribution in [3.05, 3.63) is 29.7 Å². The number of piperazine rings is 1. The van der Waals surface area contributed by atoms with Gasteiger partial charge in [-0.3, -0.25) is 9.69 Å². The molecule has 1 aliphatic heterocycles. The average molecular weight is 326 g/mol. The standard InChI is InChI=1S/C15H22N2O4S/c1-13-3-4-14(21-13)5-6-15(18)17-9-7-16(8-10-17)11-12-22(2,19)20/h3-6H,7-12H2,1-2H3/b6-5+. The van der Waals surface area contributed by atoms with Crippen LogP contribution in [0.5, 0.6) is 0 Å². The van der Waals surface area contributed by atoms with Crippen molar-refractivity contribution in [3.63, 3.8) is 0 Å². The van der Waals surface area contributed by atoms with Gasteiger partial charge in [0.2, 0.25) is 5.91 Å². The van der Waals surface area contributed by atoms with Crippen LogP contribution in [0.4, 0.5) is 0 Å². The maximum Gasteiger partial charge on any atom is 0.246 e. The quantitative estimate of drug-likeness (QED) is 0.748. The first-order chi connectivity index (χ1) is 10.3. The highest BCUT2D eigenvalue weighted by atomic mass is 32.2. The molecular weight excluding hydrogens is 304 g/mol. The fraction of sp³-hybridized carbons (Fsp3) is 0.533. The van der Waals surface area contributed by atoms with Crippen molar-refractivity contribution in [1.29, 1.82) is 0 Å². The molecule has 0 N–H and O–H groups in total. The van der Waals surface area contributed by atoms with Crippen LogP contribution in [0.25, 0.3) is 6.08 Å². The molecule has 0 radical (unpaired) electrons. The van der Waals surface area contributed by atoms with E-state index in [0.717, 1.165) is 5.76 Å². The number of hydrogen-bond donors (Lipinski definition) is 0. The number of carbonyl (C=O) groups is 1. The van der Waals surface area contributed by atoms with Crippen molar-refractivity contribution in [1.82, 2.24) is 9.80 Å². The van der Waals surface area contributed by atoms with E-state index in [1.807, 2.05) is 19.1 Å². The van der Waals surface area contributed by atoms with Gasteiger partial charge in [0, 0.05) is 45.1 Å². The second kappa shape index (κ2) is 7.11. The molecule has 22 heavy (non-hydrogen) atoms. The van der Waals surface area contributed by atoms with E-state index in [2.05, 4.69) is 4.90 Å².